The quantitative estimate of drug-likeness (QED) is 0.547. The van der Waals surface area contributed by atoms with E-state index >= 15 is 0 Å². The summed E-state index contributed by atoms with van der Waals surface area (Å²) in [6.07, 6.45) is 9.57. The third kappa shape index (κ3) is 4.37. The molecule has 1 fully saturated rings. The molecule has 158 valence electrons. The summed E-state index contributed by atoms with van der Waals surface area (Å²) in [4.78, 5) is 9.22. The van der Waals surface area contributed by atoms with Crippen molar-refractivity contribution in [1.82, 2.24) is 14.5 Å². The van der Waals surface area contributed by atoms with Crippen LogP contribution in [0.5, 0.6) is 0 Å². The molecule has 1 N–H and O–H groups in total. The molecule has 7 heteroatoms. The van der Waals surface area contributed by atoms with Crippen LogP contribution in [0.4, 0.5) is 10.2 Å². The average Bonchev–Trinajstić information content (AvgIpc) is 3.15. The molecule has 0 amide bonds. The monoisotopic (exact) mass is 426 g/mol. The first-order chi connectivity index (χ1) is 14.6. The number of nitrogens with zero attached hydrogens (tertiary/aromatic N) is 3. The van der Waals surface area contributed by atoms with Gasteiger partial charge in [0.2, 0.25) is 0 Å². The van der Waals surface area contributed by atoms with Crippen LogP contribution in [0.3, 0.4) is 0 Å². The topological polar surface area (TPSA) is 65.8 Å². The van der Waals surface area contributed by atoms with Crippen LogP contribution in [0.2, 0.25) is 0 Å². The van der Waals surface area contributed by atoms with Gasteiger partial charge in [-0.15, -0.1) is 0 Å². The van der Waals surface area contributed by atoms with Crippen LogP contribution in [-0.2, 0) is 17.7 Å². The summed E-state index contributed by atoms with van der Waals surface area (Å²) in [6, 6.07) is 10.7. The first-order valence-corrected chi connectivity index (χ1v) is 12.1. The fourth-order valence-electron chi connectivity index (χ4n) is 4.16. The summed E-state index contributed by atoms with van der Waals surface area (Å²) < 4.78 is 27.9. The second kappa shape index (κ2) is 9.18. The molecule has 0 aliphatic heterocycles. The maximum atomic E-state index is 13.5. The normalized spacial score (nSPS) is 15.9. The van der Waals surface area contributed by atoms with E-state index in [1.54, 1.807) is 24.6 Å². The summed E-state index contributed by atoms with van der Waals surface area (Å²) in [5.41, 5.74) is 3.33. The highest BCUT2D eigenvalue weighted by atomic mass is 32.2. The summed E-state index contributed by atoms with van der Waals surface area (Å²) in [5.74, 6) is 0.546. The predicted octanol–water partition coefficient (Wildman–Crippen LogP) is 5.25. The van der Waals surface area contributed by atoms with Crippen LogP contribution in [0.1, 0.15) is 39.0 Å². The van der Waals surface area contributed by atoms with Gasteiger partial charge in [-0.2, -0.15) is 4.98 Å². The van der Waals surface area contributed by atoms with Crippen LogP contribution in [0, 0.1) is 5.82 Å². The summed E-state index contributed by atoms with van der Waals surface area (Å²) in [5, 5.41) is 4.09. The van der Waals surface area contributed by atoms with E-state index in [4.69, 9.17) is 4.98 Å². The zero-order valence-corrected chi connectivity index (χ0v) is 18.2. The van der Waals surface area contributed by atoms with Crippen LogP contribution in [-0.4, -0.2) is 31.4 Å². The number of imidazole rings is 1. The van der Waals surface area contributed by atoms with Crippen LogP contribution in [0.15, 0.2) is 47.8 Å². The van der Waals surface area contributed by atoms with Crippen molar-refractivity contribution in [3.8, 4) is 22.5 Å². The van der Waals surface area contributed by atoms with E-state index in [0.717, 1.165) is 22.6 Å². The number of hydrogen-bond donors (Lipinski definition) is 1. The third-order valence-corrected chi connectivity index (χ3v) is 6.44. The predicted molar refractivity (Wildman–Crippen MR) is 119 cm³/mol. The molecule has 1 saturated carbocycles. The molecule has 1 unspecified atom stereocenters. The SMILES string of the molecule is CCn1c([S+](C)[O-])nc(-c2ccc(F)cc2)c1-c1ccnc(NC2CCCCC2)c1. The molecule has 2 heterocycles. The van der Waals surface area contributed by atoms with Crippen LogP contribution >= 0.6 is 0 Å². The molecule has 1 atom stereocenters. The third-order valence-electron chi connectivity index (χ3n) is 5.61. The van der Waals surface area contributed by atoms with E-state index in [9.17, 15) is 8.94 Å². The minimum atomic E-state index is -1.25. The van der Waals surface area contributed by atoms with Gasteiger partial charge in [-0.1, -0.05) is 19.3 Å². The lowest BCUT2D eigenvalue weighted by atomic mass is 9.95. The van der Waals surface area contributed by atoms with E-state index in [0.29, 0.717) is 23.4 Å². The van der Waals surface area contributed by atoms with E-state index in [-0.39, 0.29) is 5.82 Å². The van der Waals surface area contributed by atoms with Crippen molar-refractivity contribution in [2.75, 3.05) is 11.6 Å². The minimum Gasteiger partial charge on any atom is -0.609 e. The van der Waals surface area contributed by atoms with Gasteiger partial charge in [0.05, 0.1) is 5.69 Å². The molecule has 4 rings (SSSR count). The van der Waals surface area contributed by atoms with Gasteiger partial charge in [0.25, 0.3) is 0 Å². The Morgan fingerprint density at radius 2 is 1.87 bits per heavy atom. The number of benzene rings is 1. The number of anilines is 1. The Morgan fingerprint density at radius 1 is 1.13 bits per heavy atom. The maximum absolute atomic E-state index is 13.5. The Labute approximate surface area is 179 Å². The van der Waals surface area contributed by atoms with Gasteiger partial charge in [0.1, 0.15) is 23.6 Å². The van der Waals surface area contributed by atoms with E-state index in [1.807, 2.05) is 23.6 Å². The molecule has 0 bridgehead atoms. The smallest absolute Gasteiger partial charge is 0.323 e. The molecule has 1 aliphatic rings. The lowest BCUT2D eigenvalue weighted by Gasteiger charge is -2.23. The maximum Gasteiger partial charge on any atom is 0.323 e. The summed E-state index contributed by atoms with van der Waals surface area (Å²) >= 11 is -1.25. The van der Waals surface area contributed by atoms with Crippen LogP contribution in [0.25, 0.3) is 22.5 Å². The number of hydrogen-bond acceptors (Lipinski definition) is 4. The highest BCUT2D eigenvalue weighted by Crippen LogP contribution is 2.35. The van der Waals surface area contributed by atoms with Gasteiger partial charge in [-0.3, -0.25) is 4.57 Å². The van der Waals surface area contributed by atoms with E-state index in [2.05, 4.69) is 10.3 Å². The minimum absolute atomic E-state index is 0.294. The van der Waals surface area contributed by atoms with Crippen molar-refractivity contribution in [2.45, 2.75) is 56.8 Å². The lowest BCUT2D eigenvalue weighted by Crippen LogP contribution is -2.22. The molecule has 30 heavy (non-hydrogen) atoms. The second-order valence-corrected chi connectivity index (χ2v) is 8.98. The lowest BCUT2D eigenvalue weighted by molar-refractivity contribution is 0.462. The zero-order valence-electron chi connectivity index (χ0n) is 17.4. The van der Waals surface area contributed by atoms with Gasteiger partial charge < -0.3 is 9.87 Å². The van der Waals surface area contributed by atoms with Gasteiger partial charge in [-0.25, -0.2) is 9.37 Å². The van der Waals surface area contributed by atoms with Crippen molar-refractivity contribution in [3.05, 3.63) is 48.4 Å². The Bertz CT molecular complexity index is 997. The molecular formula is C23H27FN4OS. The van der Waals surface area contributed by atoms with Crippen molar-refractivity contribution in [2.24, 2.45) is 0 Å². The molecule has 0 spiro atoms. The molecule has 3 aromatic rings. The largest absolute Gasteiger partial charge is 0.609 e. The van der Waals surface area contributed by atoms with Crippen molar-refractivity contribution < 1.29 is 8.94 Å². The van der Waals surface area contributed by atoms with Gasteiger partial charge >= 0.3 is 5.16 Å². The number of pyridine rings is 1. The molecule has 1 aromatic carbocycles. The molecule has 0 saturated heterocycles. The highest BCUT2D eigenvalue weighted by molar-refractivity contribution is 7.90. The Balaban J connectivity index is 1.78. The second-order valence-electron chi connectivity index (χ2n) is 7.71. The molecule has 1 aliphatic carbocycles. The Morgan fingerprint density at radius 3 is 2.53 bits per heavy atom. The first-order valence-electron chi connectivity index (χ1n) is 10.5. The fourth-order valence-corrected chi connectivity index (χ4v) is 4.91. The van der Waals surface area contributed by atoms with E-state index in [1.165, 1.54) is 44.2 Å². The molecular weight excluding hydrogens is 399 g/mol. The number of aromatic nitrogens is 3. The Kier molecular flexibility index (Phi) is 6.39. The first kappa shape index (κ1) is 20.9. The molecule has 0 radical (unpaired) electrons. The van der Waals surface area contributed by atoms with Crippen molar-refractivity contribution >= 4 is 17.0 Å². The fraction of sp³-hybridized carbons (Fsp3) is 0.391. The number of halogens is 1. The van der Waals surface area contributed by atoms with Gasteiger partial charge in [-0.05, 0) is 56.2 Å². The molecule has 5 nitrogen and oxygen atoms in total. The van der Waals surface area contributed by atoms with Gasteiger partial charge in [0, 0.05) is 41.1 Å². The average molecular weight is 427 g/mol. The Hall–Kier alpha value is -2.38. The van der Waals surface area contributed by atoms with Crippen molar-refractivity contribution in [3.63, 3.8) is 0 Å². The number of rotatable bonds is 6. The van der Waals surface area contributed by atoms with Gasteiger partial charge in [0.15, 0.2) is 0 Å². The van der Waals surface area contributed by atoms with E-state index < -0.39 is 11.2 Å². The molecule has 2 aromatic heterocycles. The highest BCUT2D eigenvalue weighted by Gasteiger charge is 2.25. The van der Waals surface area contributed by atoms with Crippen molar-refractivity contribution in [1.29, 1.82) is 0 Å². The zero-order chi connectivity index (χ0) is 21.1. The summed E-state index contributed by atoms with van der Waals surface area (Å²) in [6.45, 7) is 2.64. The standard InChI is InChI=1S/C23H27FN4OS/c1-3-28-22(17-13-14-25-20(15-17)26-19-7-5-4-6-8-19)21(27-23(28)30(2)29)16-9-11-18(24)12-10-16/h9-15,19H,3-8H2,1-2H3,(H,25,26). The summed E-state index contributed by atoms with van der Waals surface area (Å²) in [7, 11) is 0. The number of nitrogens with one attached hydrogen (secondary N) is 1. The van der Waals surface area contributed by atoms with Crippen LogP contribution < -0.4 is 5.32 Å².